The number of benzene rings is 4. The van der Waals surface area contributed by atoms with Gasteiger partial charge in [0.25, 0.3) is 11.8 Å². The fourth-order valence-electron chi connectivity index (χ4n) is 5.31. The Bertz CT molecular complexity index is 1750. The lowest BCUT2D eigenvalue weighted by Gasteiger charge is -2.55. The molecule has 11 heteroatoms. The molecule has 4 aromatic carbocycles. The van der Waals surface area contributed by atoms with Crippen molar-refractivity contribution in [1.82, 2.24) is 10.2 Å². The first kappa shape index (κ1) is 30.8. The highest BCUT2D eigenvalue weighted by atomic mass is 32.2. The number of esters is 1. The molecule has 1 saturated heterocycles. The minimum atomic E-state index is -1.39. The molecule has 1 unspecified atom stereocenters. The summed E-state index contributed by atoms with van der Waals surface area (Å²) in [5.74, 6) is -3.67. The van der Waals surface area contributed by atoms with Crippen LogP contribution in [0.2, 0.25) is 0 Å². The average molecular weight is 643 g/mol. The van der Waals surface area contributed by atoms with Crippen LogP contribution < -0.4 is 14.8 Å². The number of thioether (sulfide) groups is 1. The Morgan fingerprint density at radius 1 is 0.935 bits per heavy atom. The molecule has 234 valence electrons. The normalized spacial score (nSPS) is 18.8. The van der Waals surface area contributed by atoms with Crippen LogP contribution in [0.25, 0.3) is 0 Å². The number of para-hydroxylation sites is 1. The zero-order valence-corrected chi connectivity index (χ0v) is 25.3. The molecule has 2 heterocycles. The Hall–Kier alpha value is -5.16. The average Bonchev–Trinajstić information content (AvgIpc) is 3.08. The van der Waals surface area contributed by atoms with Crippen LogP contribution in [0, 0.1) is 11.6 Å². The largest absolute Gasteiger partial charge is 0.484 e. The molecule has 2 atom stereocenters. The first-order chi connectivity index (χ1) is 22.2. The number of hydrogen-bond donors (Lipinski definition) is 1. The third-order valence-corrected chi connectivity index (χ3v) is 8.96. The van der Waals surface area contributed by atoms with Crippen molar-refractivity contribution in [2.75, 3.05) is 12.4 Å². The number of carbonyl (C=O) groups is 3. The van der Waals surface area contributed by atoms with E-state index in [0.29, 0.717) is 22.9 Å². The van der Waals surface area contributed by atoms with Crippen LogP contribution in [-0.4, -0.2) is 46.0 Å². The van der Waals surface area contributed by atoms with Gasteiger partial charge >= 0.3 is 5.97 Å². The maximum absolute atomic E-state index is 14.7. The summed E-state index contributed by atoms with van der Waals surface area (Å²) in [6.45, 7) is 1.23. The van der Waals surface area contributed by atoms with E-state index in [2.05, 4.69) is 5.32 Å². The molecular weight excluding hydrogens is 614 g/mol. The van der Waals surface area contributed by atoms with Crippen LogP contribution in [0.5, 0.6) is 11.5 Å². The summed E-state index contributed by atoms with van der Waals surface area (Å²) in [5.41, 5.74) is -0.261. The number of nitrogens with zero attached hydrogens (tertiary/aromatic N) is 1. The fraction of sp³-hybridized carbons (Fsp3) is 0.171. The molecule has 1 N–H and O–H groups in total. The summed E-state index contributed by atoms with van der Waals surface area (Å²) in [4.78, 5) is 42.0. The smallest absolute Gasteiger partial charge is 0.359 e. The summed E-state index contributed by atoms with van der Waals surface area (Å²) >= 11 is 1.21. The summed E-state index contributed by atoms with van der Waals surface area (Å²) in [6.07, 6.45) is -0.850. The number of nitrogens with one attached hydrogen (secondary N) is 1. The van der Waals surface area contributed by atoms with Gasteiger partial charge < -0.3 is 19.5 Å². The number of amides is 2. The Labute approximate surface area is 268 Å². The number of β-lactam (4-membered cyclic amide) rings is 1. The van der Waals surface area contributed by atoms with Crippen molar-refractivity contribution in [1.29, 1.82) is 0 Å². The Balaban J connectivity index is 1.30. The third-order valence-electron chi connectivity index (χ3n) is 7.53. The highest BCUT2D eigenvalue weighted by molar-refractivity contribution is 8.00. The van der Waals surface area contributed by atoms with Crippen LogP contribution in [-0.2, 0) is 19.1 Å². The van der Waals surface area contributed by atoms with Gasteiger partial charge in [-0.3, -0.25) is 14.5 Å². The Morgan fingerprint density at radius 2 is 1.54 bits per heavy atom. The zero-order chi connectivity index (χ0) is 32.3. The van der Waals surface area contributed by atoms with Gasteiger partial charge in [-0.2, -0.15) is 0 Å². The molecule has 0 bridgehead atoms. The van der Waals surface area contributed by atoms with Crippen LogP contribution in [0.4, 0.5) is 8.78 Å². The highest BCUT2D eigenvalue weighted by Gasteiger charge is 2.63. The van der Waals surface area contributed by atoms with E-state index in [1.807, 2.05) is 66.7 Å². The van der Waals surface area contributed by atoms with Crippen molar-refractivity contribution in [2.45, 2.75) is 23.9 Å². The molecule has 0 radical (unpaired) electrons. The second-order valence-electron chi connectivity index (χ2n) is 10.7. The van der Waals surface area contributed by atoms with Crippen molar-refractivity contribution in [2.24, 2.45) is 0 Å². The predicted octanol–water partition coefficient (Wildman–Crippen LogP) is 5.76. The fourth-order valence-corrected chi connectivity index (χ4v) is 6.65. The quantitative estimate of drug-likeness (QED) is 0.174. The van der Waals surface area contributed by atoms with Crippen LogP contribution in [0.15, 0.2) is 121 Å². The second-order valence-corrected chi connectivity index (χ2v) is 11.8. The van der Waals surface area contributed by atoms with Gasteiger partial charge in [0.1, 0.15) is 28.2 Å². The molecule has 2 amide bonds. The SMILES string of the molecule is CC1(NC(=O)COc2ccccc2)C(=O)N2C(C(=O)OC(c3ccccc3)c3ccccc3)=C(Oc3ccc(F)cc3F)CS[C@H]21. The summed E-state index contributed by atoms with van der Waals surface area (Å²) < 4.78 is 45.7. The van der Waals surface area contributed by atoms with E-state index in [1.165, 1.54) is 16.7 Å². The number of ether oxygens (including phenoxy) is 3. The van der Waals surface area contributed by atoms with Gasteiger partial charge in [-0.15, -0.1) is 11.8 Å². The van der Waals surface area contributed by atoms with Gasteiger partial charge in [0, 0.05) is 6.07 Å². The molecule has 1 fully saturated rings. The maximum Gasteiger partial charge on any atom is 0.359 e. The standard InChI is InChI=1S/C35H28F2N2O6S/c1-35(38-29(40)20-43-25-15-9-4-10-16-25)33(42)39-30(28(21-46-34(35)39)44-27-18-17-24(36)19-26(27)37)32(41)45-31(22-11-5-2-6-12-22)23-13-7-3-8-14-23/h2-19,31,34H,20-21H2,1H3,(H,38,40)/t34-,35?/m0/s1. The minimum Gasteiger partial charge on any atom is -0.484 e. The van der Waals surface area contributed by atoms with Crippen molar-refractivity contribution in [3.63, 3.8) is 0 Å². The van der Waals surface area contributed by atoms with E-state index in [9.17, 15) is 23.2 Å². The molecule has 6 rings (SSSR count). The number of rotatable bonds is 10. The molecule has 4 aromatic rings. The van der Waals surface area contributed by atoms with E-state index in [-0.39, 0.29) is 29.6 Å². The van der Waals surface area contributed by atoms with Gasteiger partial charge in [-0.05, 0) is 42.3 Å². The Kier molecular flexibility index (Phi) is 8.76. The predicted molar refractivity (Wildman–Crippen MR) is 166 cm³/mol. The number of fused-ring (bicyclic) bond motifs is 1. The van der Waals surface area contributed by atoms with Crippen molar-refractivity contribution in [3.05, 3.63) is 143 Å². The molecule has 2 aliphatic heterocycles. The highest BCUT2D eigenvalue weighted by Crippen LogP contribution is 2.47. The van der Waals surface area contributed by atoms with E-state index >= 15 is 0 Å². The minimum absolute atomic E-state index is 0.0169. The van der Waals surface area contributed by atoms with Crippen molar-refractivity contribution < 1.29 is 37.4 Å². The van der Waals surface area contributed by atoms with Crippen LogP contribution in [0.3, 0.4) is 0 Å². The molecule has 2 aliphatic rings. The lowest BCUT2D eigenvalue weighted by molar-refractivity contribution is -0.161. The monoisotopic (exact) mass is 642 g/mol. The molecule has 0 aromatic heterocycles. The lowest BCUT2D eigenvalue weighted by atomic mass is 9.88. The first-order valence-corrected chi connectivity index (χ1v) is 15.4. The van der Waals surface area contributed by atoms with Gasteiger partial charge in [0.15, 0.2) is 30.0 Å². The van der Waals surface area contributed by atoms with E-state index in [4.69, 9.17) is 14.2 Å². The molecule has 0 saturated carbocycles. The van der Waals surface area contributed by atoms with Crippen molar-refractivity contribution in [3.8, 4) is 11.5 Å². The first-order valence-electron chi connectivity index (χ1n) is 14.4. The van der Waals surface area contributed by atoms with Gasteiger partial charge in [-0.1, -0.05) is 78.9 Å². The van der Waals surface area contributed by atoms with Crippen molar-refractivity contribution >= 4 is 29.5 Å². The topological polar surface area (TPSA) is 94.2 Å². The molecule has 46 heavy (non-hydrogen) atoms. The van der Waals surface area contributed by atoms with E-state index in [0.717, 1.165) is 12.1 Å². The maximum atomic E-state index is 14.7. The third kappa shape index (κ3) is 6.18. The number of halogens is 2. The van der Waals surface area contributed by atoms with Gasteiger partial charge in [0.05, 0.1) is 5.75 Å². The van der Waals surface area contributed by atoms with Gasteiger partial charge in [0.2, 0.25) is 0 Å². The number of carbonyl (C=O) groups excluding carboxylic acids is 3. The zero-order valence-electron chi connectivity index (χ0n) is 24.5. The molecular formula is C35H28F2N2O6S. The summed E-state index contributed by atoms with van der Waals surface area (Å²) in [6, 6.07) is 29.7. The molecule has 0 aliphatic carbocycles. The van der Waals surface area contributed by atoms with Crippen LogP contribution >= 0.6 is 11.8 Å². The Morgan fingerprint density at radius 3 is 2.15 bits per heavy atom. The van der Waals surface area contributed by atoms with E-state index in [1.54, 1.807) is 31.2 Å². The summed E-state index contributed by atoms with van der Waals surface area (Å²) in [5, 5.41) is 2.03. The molecule has 8 nitrogen and oxygen atoms in total. The van der Waals surface area contributed by atoms with Gasteiger partial charge in [-0.25, -0.2) is 13.6 Å². The summed E-state index contributed by atoms with van der Waals surface area (Å²) in [7, 11) is 0. The number of hydrogen-bond acceptors (Lipinski definition) is 7. The van der Waals surface area contributed by atoms with Crippen LogP contribution in [0.1, 0.15) is 24.2 Å². The second kappa shape index (κ2) is 13.1. The lowest BCUT2D eigenvalue weighted by Crippen LogP contribution is -2.78. The van der Waals surface area contributed by atoms with E-state index < -0.39 is 46.4 Å². The molecule has 0 spiro atoms.